The van der Waals surface area contributed by atoms with Gasteiger partial charge in [-0.1, -0.05) is 33.1 Å². The van der Waals surface area contributed by atoms with Gasteiger partial charge in [-0.05, 0) is 12.3 Å². The summed E-state index contributed by atoms with van der Waals surface area (Å²) < 4.78 is 2.18. The van der Waals surface area contributed by atoms with E-state index < -0.39 is 5.97 Å². The molecule has 0 spiro atoms. The van der Waals surface area contributed by atoms with E-state index >= 15 is 0 Å². The summed E-state index contributed by atoms with van der Waals surface area (Å²) in [5.41, 5.74) is 0. The lowest BCUT2D eigenvalue weighted by Crippen LogP contribution is -2.08. The van der Waals surface area contributed by atoms with Crippen molar-refractivity contribution in [1.82, 2.24) is 9.55 Å². The van der Waals surface area contributed by atoms with Crippen molar-refractivity contribution in [2.75, 3.05) is 0 Å². The topological polar surface area (TPSA) is 55.1 Å². The Morgan fingerprint density at radius 2 is 2.12 bits per heavy atom. The quantitative estimate of drug-likeness (QED) is 0.830. The lowest BCUT2D eigenvalue weighted by atomic mass is 9.99. The third-order valence-corrected chi connectivity index (χ3v) is 2.57. The summed E-state index contributed by atoms with van der Waals surface area (Å²) in [4.78, 5) is 13.1. The number of carboxylic acid groups (broad SMARTS) is 1. The van der Waals surface area contributed by atoms with Crippen molar-refractivity contribution < 1.29 is 9.90 Å². The smallest absolute Gasteiger partial charge is 0.300 e. The molecule has 1 aromatic rings. The Kier molecular flexibility index (Phi) is 9.11. The summed E-state index contributed by atoms with van der Waals surface area (Å²) in [6.45, 7) is 6.75. The molecule has 0 aliphatic rings. The SMILES string of the molecule is CC(=O)O.CCCCC(CC)Cn1ccnc1. The highest BCUT2D eigenvalue weighted by Gasteiger charge is 2.05. The van der Waals surface area contributed by atoms with E-state index in [2.05, 4.69) is 29.6 Å². The van der Waals surface area contributed by atoms with Gasteiger partial charge >= 0.3 is 0 Å². The number of aliphatic carboxylic acids is 1. The molecule has 1 aromatic heterocycles. The predicted molar refractivity (Wildman–Crippen MR) is 68.8 cm³/mol. The van der Waals surface area contributed by atoms with Gasteiger partial charge in [0.05, 0.1) is 6.33 Å². The molecule has 4 heteroatoms. The van der Waals surface area contributed by atoms with E-state index in [1.54, 1.807) is 0 Å². The second-order valence-electron chi connectivity index (χ2n) is 4.19. The number of hydrogen-bond acceptors (Lipinski definition) is 2. The Bertz CT molecular complexity index is 280. The van der Waals surface area contributed by atoms with Crippen molar-refractivity contribution >= 4 is 5.97 Å². The predicted octanol–water partition coefficient (Wildman–Crippen LogP) is 3.19. The van der Waals surface area contributed by atoms with Crippen LogP contribution in [0.25, 0.3) is 0 Å². The standard InChI is InChI=1S/C11H20N2.C2H4O2/c1-3-5-6-11(4-2)9-13-8-7-12-10-13;1-2(3)4/h7-8,10-11H,3-6,9H2,1-2H3;1H3,(H,3,4). The van der Waals surface area contributed by atoms with E-state index in [-0.39, 0.29) is 0 Å². The Hall–Kier alpha value is -1.32. The number of imidazole rings is 1. The highest BCUT2D eigenvalue weighted by atomic mass is 16.4. The van der Waals surface area contributed by atoms with Crippen LogP contribution in [0.2, 0.25) is 0 Å². The molecule has 1 N–H and O–H groups in total. The monoisotopic (exact) mass is 240 g/mol. The van der Waals surface area contributed by atoms with E-state index in [1.807, 2.05) is 12.5 Å². The molecule has 1 unspecified atom stereocenters. The van der Waals surface area contributed by atoms with Crippen molar-refractivity contribution in [3.8, 4) is 0 Å². The first-order chi connectivity index (χ1) is 8.10. The number of rotatable bonds is 6. The molecule has 0 saturated heterocycles. The first kappa shape index (κ1) is 15.7. The molecule has 1 atom stereocenters. The molecule has 0 radical (unpaired) electrons. The molecule has 0 aliphatic carbocycles. The van der Waals surface area contributed by atoms with E-state index in [9.17, 15) is 0 Å². The fourth-order valence-electron chi connectivity index (χ4n) is 1.61. The molecule has 0 aliphatic heterocycles. The summed E-state index contributed by atoms with van der Waals surface area (Å²) in [5, 5.41) is 7.42. The van der Waals surface area contributed by atoms with Crippen LogP contribution < -0.4 is 0 Å². The van der Waals surface area contributed by atoms with Gasteiger partial charge in [-0.2, -0.15) is 0 Å². The molecular weight excluding hydrogens is 216 g/mol. The molecule has 1 heterocycles. The van der Waals surface area contributed by atoms with Gasteiger partial charge in [-0.15, -0.1) is 0 Å². The molecule has 17 heavy (non-hydrogen) atoms. The van der Waals surface area contributed by atoms with Crippen molar-refractivity contribution in [3.63, 3.8) is 0 Å². The molecule has 0 saturated carbocycles. The van der Waals surface area contributed by atoms with Gasteiger partial charge in [0.2, 0.25) is 0 Å². The van der Waals surface area contributed by atoms with E-state index in [0.29, 0.717) is 0 Å². The van der Waals surface area contributed by atoms with Gasteiger partial charge in [0.25, 0.3) is 5.97 Å². The van der Waals surface area contributed by atoms with Gasteiger partial charge in [0, 0.05) is 25.9 Å². The fourth-order valence-corrected chi connectivity index (χ4v) is 1.61. The van der Waals surface area contributed by atoms with E-state index in [1.165, 1.54) is 25.7 Å². The second kappa shape index (κ2) is 9.87. The average molecular weight is 240 g/mol. The third kappa shape index (κ3) is 9.60. The first-order valence-electron chi connectivity index (χ1n) is 6.25. The number of carboxylic acids is 1. The Labute approximate surface area is 104 Å². The minimum Gasteiger partial charge on any atom is -0.481 e. The van der Waals surface area contributed by atoms with Crippen LogP contribution in [0.4, 0.5) is 0 Å². The summed E-state index contributed by atoms with van der Waals surface area (Å²) >= 11 is 0. The average Bonchev–Trinajstić information content (AvgIpc) is 2.76. The zero-order valence-electron chi connectivity index (χ0n) is 11.1. The van der Waals surface area contributed by atoms with Crippen LogP contribution in [0.3, 0.4) is 0 Å². The Balaban J connectivity index is 0.000000557. The number of hydrogen-bond donors (Lipinski definition) is 1. The number of aromatic nitrogens is 2. The molecule has 0 aromatic carbocycles. The van der Waals surface area contributed by atoms with Gasteiger partial charge in [-0.3, -0.25) is 4.79 Å². The Morgan fingerprint density at radius 3 is 2.53 bits per heavy atom. The van der Waals surface area contributed by atoms with Crippen LogP contribution in [-0.4, -0.2) is 20.6 Å². The fraction of sp³-hybridized carbons (Fsp3) is 0.692. The summed E-state index contributed by atoms with van der Waals surface area (Å²) in [5.74, 6) is -0.00542. The molecule has 1 rings (SSSR count). The van der Waals surface area contributed by atoms with Crippen LogP contribution in [-0.2, 0) is 11.3 Å². The van der Waals surface area contributed by atoms with Crippen LogP contribution in [0.15, 0.2) is 18.7 Å². The largest absolute Gasteiger partial charge is 0.481 e. The molecule has 0 amide bonds. The maximum absolute atomic E-state index is 9.00. The zero-order valence-corrected chi connectivity index (χ0v) is 11.1. The summed E-state index contributed by atoms with van der Waals surface area (Å²) in [7, 11) is 0. The van der Waals surface area contributed by atoms with Crippen LogP contribution in [0, 0.1) is 5.92 Å². The molecule has 0 bridgehead atoms. The number of unbranched alkanes of at least 4 members (excludes halogenated alkanes) is 1. The lowest BCUT2D eigenvalue weighted by molar-refractivity contribution is -0.134. The number of nitrogens with zero attached hydrogens (tertiary/aromatic N) is 2. The van der Waals surface area contributed by atoms with Crippen LogP contribution >= 0.6 is 0 Å². The van der Waals surface area contributed by atoms with Crippen molar-refractivity contribution in [3.05, 3.63) is 18.7 Å². The maximum Gasteiger partial charge on any atom is 0.300 e. The first-order valence-corrected chi connectivity index (χ1v) is 6.25. The summed E-state index contributed by atoms with van der Waals surface area (Å²) in [6.07, 6.45) is 11.1. The van der Waals surface area contributed by atoms with Gasteiger partial charge in [-0.25, -0.2) is 4.98 Å². The molecule has 98 valence electrons. The third-order valence-electron chi connectivity index (χ3n) is 2.57. The highest BCUT2D eigenvalue weighted by molar-refractivity contribution is 5.62. The normalized spacial score (nSPS) is 11.5. The van der Waals surface area contributed by atoms with Gasteiger partial charge in [0.1, 0.15) is 0 Å². The van der Waals surface area contributed by atoms with Gasteiger partial charge in [0.15, 0.2) is 0 Å². The van der Waals surface area contributed by atoms with Gasteiger partial charge < -0.3 is 9.67 Å². The summed E-state index contributed by atoms with van der Waals surface area (Å²) in [6, 6.07) is 0. The van der Waals surface area contributed by atoms with E-state index in [0.717, 1.165) is 19.4 Å². The van der Waals surface area contributed by atoms with E-state index in [4.69, 9.17) is 9.90 Å². The minimum atomic E-state index is -0.833. The van der Waals surface area contributed by atoms with Crippen molar-refractivity contribution in [1.29, 1.82) is 0 Å². The zero-order chi connectivity index (χ0) is 13.1. The van der Waals surface area contributed by atoms with Crippen LogP contribution in [0.5, 0.6) is 0 Å². The van der Waals surface area contributed by atoms with Crippen LogP contribution in [0.1, 0.15) is 46.5 Å². The second-order valence-corrected chi connectivity index (χ2v) is 4.19. The molecule has 0 fully saturated rings. The molecular formula is C13H24N2O2. The lowest BCUT2D eigenvalue weighted by Gasteiger charge is -2.14. The minimum absolute atomic E-state index is 0.828. The van der Waals surface area contributed by atoms with Crippen molar-refractivity contribution in [2.24, 2.45) is 5.92 Å². The highest BCUT2D eigenvalue weighted by Crippen LogP contribution is 2.14. The number of carbonyl (C=O) groups is 1. The molecule has 4 nitrogen and oxygen atoms in total. The Morgan fingerprint density at radius 1 is 1.47 bits per heavy atom. The van der Waals surface area contributed by atoms with Crippen molar-refractivity contribution in [2.45, 2.75) is 53.0 Å². The maximum atomic E-state index is 9.00.